The van der Waals surface area contributed by atoms with Crippen LogP contribution in [0.4, 0.5) is 0 Å². The molecule has 3 aromatic rings. The molecule has 4 nitrogen and oxygen atoms in total. The summed E-state index contributed by atoms with van der Waals surface area (Å²) in [5, 5.41) is 33.0. The number of nitrogens with zero attached hydrogens (tertiary/aromatic N) is 1. The highest BCUT2D eigenvalue weighted by atomic mass is 16.3. The van der Waals surface area contributed by atoms with E-state index in [4.69, 9.17) is 0 Å². The summed E-state index contributed by atoms with van der Waals surface area (Å²) in [6.07, 6.45) is 3.72. The lowest BCUT2D eigenvalue weighted by atomic mass is 9.72. The zero-order valence-corrected chi connectivity index (χ0v) is 21.0. The minimum absolute atomic E-state index is 0.0880. The Morgan fingerprint density at radius 1 is 0.771 bits per heavy atom. The molecule has 1 heterocycles. The van der Waals surface area contributed by atoms with Crippen molar-refractivity contribution >= 4 is 0 Å². The number of aliphatic hydroxyl groups is 3. The van der Waals surface area contributed by atoms with Crippen LogP contribution in [0.15, 0.2) is 84.9 Å². The molecule has 35 heavy (non-hydrogen) atoms. The Balaban J connectivity index is 1.33. The molecule has 0 amide bonds. The zero-order chi connectivity index (χ0) is 24.9. The van der Waals surface area contributed by atoms with E-state index in [1.54, 1.807) is 13.8 Å². The Hall–Kier alpha value is -2.50. The predicted octanol–water partition coefficient (Wildman–Crippen LogP) is 5.20. The number of aliphatic hydroxyl groups excluding tert-OH is 1. The SMILES string of the molecule is CC(C)(O)c1ccc(CCCC(O)N2CCC(C(O)(c3ccccc3)c3ccccc3)CC2)cc1. The van der Waals surface area contributed by atoms with Gasteiger partial charge in [-0.1, -0.05) is 84.9 Å². The van der Waals surface area contributed by atoms with Gasteiger partial charge in [-0.05, 0) is 74.1 Å². The highest BCUT2D eigenvalue weighted by molar-refractivity contribution is 5.37. The highest BCUT2D eigenvalue weighted by Gasteiger charge is 2.42. The van der Waals surface area contributed by atoms with Crippen molar-refractivity contribution in [1.29, 1.82) is 0 Å². The van der Waals surface area contributed by atoms with E-state index in [1.807, 2.05) is 72.8 Å². The van der Waals surface area contributed by atoms with Gasteiger partial charge in [0.05, 0.1) is 5.60 Å². The molecule has 1 fully saturated rings. The molecule has 1 aliphatic heterocycles. The van der Waals surface area contributed by atoms with Gasteiger partial charge in [0.25, 0.3) is 0 Å². The Bertz CT molecular complexity index is 997. The Labute approximate surface area is 209 Å². The fourth-order valence-corrected chi connectivity index (χ4v) is 5.39. The van der Waals surface area contributed by atoms with Crippen molar-refractivity contribution in [1.82, 2.24) is 4.90 Å². The van der Waals surface area contributed by atoms with Gasteiger partial charge in [-0.3, -0.25) is 4.90 Å². The summed E-state index contributed by atoms with van der Waals surface area (Å²) in [5.74, 6) is 0.0880. The first-order valence-corrected chi connectivity index (χ1v) is 12.9. The second-order valence-electron chi connectivity index (χ2n) is 10.4. The van der Waals surface area contributed by atoms with E-state index >= 15 is 0 Å². The van der Waals surface area contributed by atoms with Gasteiger partial charge >= 0.3 is 0 Å². The average molecular weight is 474 g/mol. The molecule has 0 aromatic heterocycles. The quantitative estimate of drug-likeness (QED) is 0.400. The molecule has 0 saturated carbocycles. The summed E-state index contributed by atoms with van der Waals surface area (Å²) in [5.41, 5.74) is 2.14. The molecule has 1 aliphatic rings. The maximum absolute atomic E-state index is 12.0. The molecule has 3 N–H and O–H groups in total. The second-order valence-corrected chi connectivity index (χ2v) is 10.4. The minimum Gasteiger partial charge on any atom is -0.386 e. The van der Waals surface area contributed by atoms with Gasteiger partial charge in [0.2, 0.25) is 0 Å². The molecule has 3 aromatic carbocycles. The number of rotatable bonds is 9. The maximum Gasteiger partial charge on any atom is 0.117 e. The van der Waals surface area contributed by atoms with Crippen LogP contribution in [0.5, 0.6) is 0 Å². The van der Waals surface area contributed by atoms with Crippen LogP contribution in [0.2, 0.25) is 0 Å². The lowest BCUT2D eigenvalue weighted by molar-refractivity contribution is -0.0606. The molecule has 0 spiro atoms. The molecular formula is C31H39NO3. The third kappa shape index (κ3) is 6.02. The summed E-state index contributed by atoms with van der Waals surface area (Å²) in [6.45, 7) is 5.13. The number of aryl methyl sites for hydroxylation is 1. The summed E-state index contributed by atoms with van der Waals surface area (Å²) in [7, 11) is 0. The van der Waals surface area contributed by atoms with E-state index < -0.39 is 17.4 Å². The van der Waals surface area contributed by atoms with E-state index in [-0.39, 0.29) is 5.92 Å². The Kier molecular flexibility index (Phi) is 8.08. The molecule has 186 valence electrons. The highest BCUT2D eigenvalue weighted by Crippen LogP contribution is 2.42. The van der Waals surface area contributed by atoms with Crippen LogP contribution in [-0.4, -0.2) is 39.5 Å². The predicted molar refractivity (Wildman–Crippen MR) is 141 cm³/mol. The number of hydrogen-bond acceptors (Lipinski definition) is 4. The van der Waals surface area contributed by atoms with E-state index in [0.717, 1.165) is 61.9 Å². The maximum atomic E-state index is 12.0. The Morgan fingerprint density at radius 2 is 1.29 bits per heavy atom. The largest absolute Gasteiger partial charge is 0.386 e. The second kappa shape index (κ2) is 11.0. The molecule has 0 aliphatic carbocycles. The van der Waals surface area contributed by atoms with Crippen molar-refractivity contribution in [2.45, 2.75) is 63.4 Å². The smallest absolute Gasteiger partial charge is 0.117 e. The van der Waals surface area contributed by atoms with Crippen molar-refractivity contribution in [2.75, 3.05) is 13.1 Å². The lowest BCUT2D eigenvalue weighted by Gasteiger charge is -2.43. The third-order valence-corrected chi connectivity index (χ3v) is 7.56. The molecule has 4 rings (SSSR count). The lowest BCUT2D eigenvalue weighted by Crippen LogP contribution is -2.47. The van der Waals surface area contributed by atoms with E-state index in [1.165, 1.54) is 5.56 Å². The molecule has 4 heteroatoms. The van der Waals surface area contributed by atoms with Crippen LogP contribution >= 0.6 is 0 Å². The number of likely N-dealkylation sites (tertiary alicyclic amines) is 1. The van der Waals surface area contributed by atoms with Gasteiger partial charge in [-0.2, -0.15) is 0 Å². The van der Waals surface area contributed by atoms with Crippen LogP contribution in [0.1, 0.15) is 61.8 Å². The van der Waals surface area contributed by atoms with Crippen molar-refractivity contribution in [3.8, 4) is 0 Å². The standard InChI is InChI=1S/C31H39NO3/c1-30(2,34)25-18-16-24(17-19-25)10-9-15-29(33)32-22-20-28(21-23-32)31(35,26-11-5-3-6-12-26)27-13-7-4-8-14-27/h3-8,11-14,16-19,28-29,33-35H,9-10,15,20-23H2,1-2H3. The molecule has 1 unspecified atom stereocenters. The fourth-order valence-electron chi connectivity index (χ4n) is 5.39. The number of piperidine rings is 1. The van der Waals surface area contributed by atoms with Gasteiger partial charge in [-0.15, -0.1) is 0 Å². The zero-order valence-electron chi connectivity index (χ0n) is 21.0. The van der Waals surface area contributed by atoms with Crippen LogP contribution in [0.25, 0.3) is 0 Å². The topological polar surface area (TPSA) is 63.9 Å². The van der Waals surface area contributed by atoms with Gasteiger partial charge in [0.15, 0.2) is 0 Å². The van der Waals surface area contributed by atoms with Crippen LogP contribution < -0.4 is 0 Å². The monoisotopic (exact) mass is 473 g/mol. The first-order chi connectivity index (χ1) is 16.8. The first-order valence-electron chi connectivity index (χ1n) is 12.9. The van der Waals surface area contributed by atoms with E-state index in [0.29, 0.717) is 0 Å². The minimum atomic E-state index is -1.03. The fraction of sp³-hybridized carbons (Fsp3) is 0.419. The van der Waals surface area contributed by atoms with Gasteiger partial charge in [0.1, 0.15) is 11.8 Å². The molecule has 0 radical (unpaired) electrons. The number of hydrogen-bond donors (Lipinski definition) is 3. The van der Waals surface area contributed by atoms with Crippen molar-refractivity contribution in [3.63, 3.8) is 0 Å². The van der Waals surface area contributed by atoms with Crippen molar-refractivity contribution in [2.24, 2.45) is 5.92 Å². The van der Waals surface area contributed by atoms with Gasteiger partial charge in [-0.25, -0.2) is 0 Å². The summed E-state index contributed by atoms with van der Waals surface area (Å²) >= 11 is 0. The molecule has 1 saturated heterocycles. The molecular weight excluding hydrogens is 434 g/mol. The van der Waals surface area contributed by atoms with E-state index in [9.17, 15) is 15.3 Å². The normalized spacial score (nSPS) is 16.8. The molecule has 1 atom stereocenters. The first kappa shape index (κ1) is 25.6. The molecule has 0 bridgehead atoms. The average Bonchev–Trinajstić information content (AvgIpc) is 2.89. The Morgan fingerprint density at radius 3 is 1.77 bits per heavy atom. The summed E-state index contributed by atoms with van der Waals surface area (Å²) in [4.78, 5) is 2.16. The third-order valence-electron chi connectivity index (χ3n) is 7.56. The van der Waals surface area contributed by atoms with E-state index in [2.05, 4.69) is 17.0 Å². The van der Waals surface area contributed by atoms with Crippen LogP contribution in [-0.2, 0) is 17.6 Å². The van der Waals surface area contributed by atoms with Crippen LogP contribution in [0.3, 0.4) is 0 Å². The van der Waals surface area contributed by atoms with Crippen molar-refractivity contribution in [3.05, 3.63) is 107 Å². The van der Waals surface area contributed by atoms with Gasteiger partial charge < -0.3 is 15.3 Å². The van der Waals surface area contributed by atoms with Gasteiger partial charge in [0, 0.05) is 13.1 Å². The van der Waals surface area contributed by atoms with Crippen molar-refractivity contribution < 1.29 is 15.3 Å². The number of benzene rings is 3. The summed E-state index contributed by atoms with van der Waals surface area (Å²) < 4.78 is 0. The summed E-state index contributed by atoms with van der Waals surface area (Å²) in [6, 6.07) is 28.1. The van der Waals surface area contributed by atoms with Crippen LogP contribution in [0, 0.1) is 5.92 Å².